The topological polar surface area (TPSA) is 59.0 Å². The standard InChI is InChI=1S/C16H22BNO4/c1-15(2)16(3,4)22-17(21-15)11-6-5-7-12(8-11)18-10-13(19)9-14(18)20/h5-8,13,19H,9-10H2,1-4H3/t13-/m0/s1. The molecule has 0 bridgehead atoms. The minimum Gasteiger partial charge on any atom is -0.399 e. The molecule has 3 rings (SSSR count). The van der Waals surface area contributed by atoms with Crippen molar-refractivity contribution >= 4 is 24.2 Å². The van der Waals surface area contributed by atoms with E-state index < -0.39 is 24.4 Å². The van der Waals surface area contributed by atoms with Crippen molar-refractivity contribution in [1.82, 2.24) is 0 Å². The van der Waals surface area contributed by atoms with Crippen molar-refractivity contribution in [2.75, 3.05) is 11.4 Å². The van der Waals surface area contributed by atoms with Crippen molar-refractivity contribution in [3.05, 3.63) is 24.3 Å². The summed E-state index contributed by atoms with van der Waals surface area (Å²) in [5.41, 5.74) is 0.861. The highest BCUT2D eigenvalue weighted by Gasteiger charge is 2.51. The minimum absolute atomic E-state index is 0.0569. The van der Waals surface area contributed by atoms with E-state index in [-0.39, 0.29) is 12.3 Å². The van der Waals surface area contributed by atoms with Gasteiger partial charge in [-0.15, -0.1) is 0 Å². The lowest BCUT2D eigenvalue weighted by molar-refractivity contribution is -0.117. The summed E-state index contributed by atoms with van der Waals surface area (Å²) in [6, 6.07) is 7.58. The smallest absolute Gasteiger partial charge is 0.399 e. The zero-order chi connectivity index (χ0) is 16.1. The minimum atomic E-state index is -0.590. The van der Waals surface area contributed by atoms with Crippen LogP contribution in [0.1, 0.15) is 34.1 Å². The van der Waals surface area contributed by atoms with Gasteiger partial charge in [0.2, 0.25) is 5.91 Å². The van der Waals surface area contributed by atoms with Crippen molar-refractivity contribution < 1.29 is 19.2 Å². The summed E-state index contributed by atoms with van der Waals surface area (Å²) >= 11 is 0. The van der Waals surface area contributed by atoms with Crippen LogP contribution in [0.15, 0.2) is 24.3 Å². The number of anilines is 1. The monoisotopic (exact) mass is 303 g/mol. The Labute approximate surface area is 131 Å². The second kappa shape index (κ2) is 5.08. The molecule has 1 aromatic carbocycles. The first-order valence-electron chi connectivity index (χ1n) is 7.64. The number of benzene rings is 1. The van der Waals surface area contributed by atoms with Crippen LogP contribution in [-0.2, 0) is 14.1 Å². The third-order valence-electron chi connectivity index (χ3n) is 4.81. The zero-order valence-corrected chi connectivity index (χ0v) is 13.5. The lowest BCUT2D eigenvalue weighted by Crippen LogP contribution is -2.41. The van der Waals surface area contributed by atoms with Crippen LogP contribution < -0.4 is 10.4 Å². The molecule has 6 heteroatoms. The lowest BCUT2D eigenvalue weighted by atomic mass is 9.79. The SMILES string of the molecule is CC1(C)OB(c2cccc(N3C[C@@H](O)CC3=O)c2)OC1(C)C. The third-order valence-corrected chi connectivity index (χ3v) is 4.81. The molecular weight excluding hydrogens is 281 g/mol. The fraction of sp³-hybridized carbons (Fsp3) is 0.562. The van der Waals surface area contributed by atoms with Gasteiger partial charge in [-0.1, -0.05) is 12.1 Å². The van der Waals surface area contributed by atoms with Gasteiger partial charge in [0, 0.05) is 5.69 Å². The van der Waals surface area contributed by atoms with Crippen LogP contribution >= 0.6 is 0 Å². The Bertz CT molecular complexity index is 586. The fourth-order valence-electron chi connectivity index (χ4n) is 2.76. The number of hydrogen-bond donors (Lipinski definition) is 1. The molecule has 0 aliphatic carbocycles. The molecule has 1 amide bonds. The van der Waals surface area contributed by atoms with E-state index >= 15 is 0 Å². The molecule has 2 aliphatic rings. The van der Waals surface area contributed by atoms with E-state index in [1.165, 1.54) is 0 Å². The van der Waals surface area contributed by atoms with Crippen molar-refractivity contribution in [2.45, 2.75) is 51.4 Å². The van der Waals surface area contributed by atoms with Gasteiger partial charge in [-0.2, -0.15) is 0 Å². The van der Waals surface area contributed by atoms with Gasteiger partial charge in [-0.05, 0) is 45.3 Å². The maximum absolute atomic E-state index is 11.9. The third kappa shape index (κ3) is 2.55. The summed E-state index contributed by atoms with van der Waals surface area (Å²) < 4.78 is 12.1. The summed E-state index contributed by atoms with van der Waals surface area (Å²) in [7, 11) is -0.451. The van der Waals surface area contributed by atoms with Gasteiger partial charge in [0.05, 0.1) is 30.3 Å². The summed E-state index contributed by atoms with van der Waals surface area (Å²) in [6.45, 7) is 8.38. The molecule has 1 aromatic rings. The van der Waals surface area contributed by atoms with E-state index in [0.717, 1.165) is 11.2 Å². The van der Waals surface area contributed by atoms with Crippen LogP contribution in [0.5, 0.6) is 0 Å². The number of aliphatic hydroxyl groups excluding tert-OH is 1. The summed E-state index contributed by atoms with van der Waals surface area (Å²) in [6.07, 6.45) is -0.409. The number of nitrogens with zero attached hydrogens (tertiary/aromatic N) is 1. The maximum atomic E-state index is 11.9. The average molecular weight is 303 g/mol. The van der Waals surface area contributed by atoms with Crippen molar-refractivity contribution in [2.24, 2.45) is 0 Å². The Hall–Kier alpha value is -1.37. The molecule has 2 heterocycles. The van der Waals surface area contributed by atoms with E-state index in [2.05, 4.69) is 0 Å². The number of aliphatic hydroxyl groups is 1. The van der Waals surface area contributed by atoms with E-state index in [1.54, 1.807) is 4.90 Å². The molecule has 1 N–H and O–H groups in total. The quantitative estimate of drug-likeness (QED) is 0.831. The zero-order valence-electron chi connectivity index (χ0n) is 13.5. The largest absolute Gasteiger partial charge is 0.494 e. The predicted molar refractivity (Wildman–Crippen MR) is 85.1 cm³/mol. The number of hydrogen-bond acceptors (Lipinski definition) is 4. The second-order valence-corrected chi connectivity index (χ2v) is 7.05. The molecule has 2 fully saturated rings. The Morgan fingerprint density at radius 3 is 2.41 bits per heavy atom. The van der Waals surface area contributed by atoms with E-state index in [4.69, 9.17) is 9.31 Å². The molecule has 0 spiro atoms. The molecule has 0 unspecified atom stereocenters. The number of β-amino-alcohol motifs (C(OH)–C–C–N with tert-alkyl or cyclic N) is 1. The van der Waals surface area contributed by atoms with Crippen molar-refractivity contribution in [3.63, 3.8) is 0 Å². The number of amides is 1. The Morgan fingerprint density at radius 2 is 1.86 bits per heavy atom. The number of carbonyl (C=O) groups excluding carboxylic acids is 1. The Balaban J connectivity index is 1.85. The summed E-state index contributed by atoms with van der Waals surface area (Å²) in [4.78, 5) is 13.5. The molecule has 1 atom stereocenters. The van der Waals surface area contributed by atoms with Gasteiger partial charge >= 0.3 is 7.12 Å². The molecule has 118 valence electrons. The van der Waals surface area contributed by atoms with Gasteiger partial charge < -0.3 is 19.3 Å². The lowest BCUT2D eigenvalue weighted by Gasteiger charge is -2.32. The van der Waals surface area contributed by atoms with Crippen LogP contribution in [0.2, 0.25) is 0 Å². The molecule has 0 saturated carbocycles. The Morgan fingerprint density at radius 1 is 1.23 bits per heavy atom. The maximum Gasteiger partial charge on any atom is 0.494 e. The van der Waals surface area contributed by atoms with E-state index in [0.29, 0.717) is 6.54 Å². The normalized spacial score (nSPS) is 26.8. The van der Waals surface area contributed by atoms with Crippen molar-refractivity contribution in [3.8, 4) is 0 Å². The molecule has 5 nitrogen and oxygen atoms in total. The highest BCUT2D eigenvalue weighted by Crippen LogP contribution is 2.36. The number of rotatable bonds is 2. The molecule has 0 radical (unpaired) electrons. The van der Waals surface area contributed by atoms with E-state index in [9.17, 15) is 9.90 Å². The van der Waals surface area contributed by atoms with Crippen LogP contribution in [-0.4, -0.2) is 42.0 Å². The fourth-order valence-corrected chi connectivity index (χ4v) is 2.76. The first kappa shape index (κ1) is 15.5. The average Bonchev–Trinajstić information content (AvgIpc) is 2.86. The highest BCUT2D eigenvalue weighted by atomic mass is 16.7. The molecule has 0 aromatic heterocycles. The first-order chi connectivity index (χ1) is 10.2. The Kier molecular flexibility index (Phi) is 3.59. The van der Waals surface area contributed by atoms with Gasteiger partial charge in [0.1, 0.15) is 0 Å². The van der Waals surface area contributed by atoms with Gasteiger partial charge in [0.25, 0.3) is 0 Å². The molecule has 2 aliphatic heterocycles. The highest BCUT2D eigenvalue weighted by molar-refractivity contribution is 6.62. The van der Waals surface area contributed by atoms with E-state index in [1.807, 2.05) is 52.0 Å². The summed E-state index contributed by atoms with van der Waals surface area (Å²) in [5.74, 6) is -0.0569. The van der Waals surface area contributed by atoms with Gasteiger partial charge in [0.15, 0.2) is 0 Å². The molecule has 2 saturated heterocycles. The van der Waals surface area contributed by atoms with Crippen LogP contribution in [0, 0.1) is 0 Å². The van der Waals surface area contributed by atoms with Crippen LogP contribution in [0.25, 0.3) is 0 Å². The first-order valence-corrected chi connectivity index (χ1v) is 7.64. The molecular formula is C16H22BNO4. The van der Waals surface area contributed by atoms with Crippen LogP contribution in [0.4, 0.5) is 5.69 Å². The van der Waals surface area contributed by atoms with Crippen LogP contribution in [0.3, 0.4) is 0 Å². The van der Waals surface area contributed by atoms with Gasteiger partial charge in [-0.3, -0.25) is 4.79 Å². The molecule has 22 heavy (non-hydrogen) atoms. The number of carbonyl (C=O) groups is 1. The summed E-state index contributed by atoms with van der Waals surface area (Å²) in [5, 5.41) is 9.64. The van der Waals surface area contributed by atoms with Gasteiger partial charge in [-0.25, -0.2) is 0 Å². The predicted octanol–water partition coefficient (Wildman–Crippen LogP) is 1.08. The van der Waals surface area contributed by atoms with Crippen molar-refractivity contribution in [1.29, 1.82) is 0 Å². The second-order valence-electron chi connectivity index (χ2n) is 7.05.